The van der Waals surface area contributed by atoms with Gasteiger partial charge in [0.2, 0.25) is 0 Å². The maximum atomic E-state index is 12.6. The molecule has 3 rings (SSSR count). The quantitative estimate of drug-likeness (QED) is 0.550. The van der Waals surface area contributed by atoms with Crippen LogP contribution in [0, 0.1) is 6.92 Å². The zero-order chi connectivity index (χ0) is 21.2. The highest BCUT2D eigenvalue weighted by molar-refractivity contribution is 6.34. The zero-order valence-corrected chi connectivity index (χ0v) is 16.4. The van der Waals surface area contributed by atoms with Crippen molar-refractivity contribution in [2.45, 2.75) is 19.8 Å². The summed E-state index contributed by atoms with van der Waals surface area (Å²) in [5.74, 6) is -0.931. The first-order valence-corrected chi connectivity index (χ1v) is 9.03. The Hall–Kier alpha value is -2.71. The lowest BCUT2D eigenvalue weighted by atomic mass is 10.2. The number of benzene rings is 2. The highest BCUT2D eigenvalue weighted by Gasteiger charge is 2.31. The van der Waals surface area contributed by atoms with E-state index in [1.807, 2.05) is 12.1 Å². The summed E-state index contributed by atoms with van der Waals surface area (Å²) in [5.41, 5.74) is 1.62. The number of anilines is 1. The lowest BCUT2D eigenvalue weighted by Crippen LogP contribution is -2.17. The normalized spacial score (nSPS) is 11.4. The first-order valence-electron chi connectivity index (χ1n) is 8.27. The predicted octanol–water partition coefficient (Wildman–Crippen LogP) is 5.70. The Kier molecular flexibility index (Phi) is 6.04. The molecule has 2 aromatic carbocycles. The third kappa shape index (κ3) is 5.21. The molecule has 5 nitrogen and oxygen atoms in total. The molecule has 0 bridgehead atoms. The van der Waals surface area contributed by atoms with Gasteiger partial charge in [-0.15, -0.1) is 13.2 Å². The average Bonchev–Trinajstić information content (AvgIpc) is 2.91. The Balaban J connectivity index is 1.76. The molecule has 0 aliphatic rings. The van der Waals surface area contributed by atoms with Gasteiger partial charge in [-0.05, 0) is 42.8 Å². The van der Waals surface area contributed by atoms with Crippen molar-refractivity contribution in [2.24, 2.45) is 0 Å². The Bertz CT molecular complexity index is 1030. The molecule has 0 aliphatic heterocycles. The van der Waals surface area contributed by atoms with Gasteiger partial charge in [0.05, 0.1) is 17.8 Å². The molecule has 0 saturated carbocycles. The van der Waals surface area contributed by atoms with E-state index in [9.17, 15) is 18.0 Å². The minimum Gasteiger partial charge on any atom is -0.406 e. The standard InChI is InChI=1S/C19H14Cl2F3N3O2/c1-11-16(17(21)27(26-11)10-12-4-2-3-5-15(12)20)18(28)25-13-6-8-14(9-7-13)29-19(22,23)24/h2-9H,10H2,1H3,(H,25,28). The first kappa shape index (κ1) is 21.0. The summed E-state index contributed by atoms with van der Waals surface area (Å²) in [6.45, 7) is 1.90. The maximum Gasteiger partial charge on any atom is 0.573 e. The van der Waals surface area contributed by atoms with Crippen molar-refractivity contribution in [1.82, 2.24) is 9.78 Å². The Morgan fingerprint density at radius 1 is 1.14 bits per heavy atom. The largest absolute Gasteiger partial charge is 0.573 e. The second kappa shape index (κ2) is 8.34. The minimum absolute atomic E-state index is 0.122. The van der Waals surface area contributed by atoms with Crippen molar-refractivity contribution in [3.63, 3.8) is 0 Å². The maximum absolute atomic E-state index is 12.6. The fourth-order valence-electron chi connectivity index (χ4n) is 2.64. The van der Waals surface area contributed by atoms with Crippen LogP contribution >= 0.6 is 23.2 Å². The summed E-state index contributed by atoms with van der Waals surface area (Å²) in [6, 6.07) is 11.9. The van der Waals surface area contributed by atoms with E-state index in [0.29, 0.717) is 10.7 Å². The summed E-state index contributed by atoms with van der Waals surface area (Å²) in [7, 11) is 0. The number of amides is 1. The number of carbonyl (C=O) groups excluding carboxylic acids is 1. The van der Waals surface area contributed by atoms with E-state index in [0.717, 1.165) is 17.7 Å². The molecule has 0 saturated heterocycles. The fourth-order valence-corrected chi connectivity index (χ4v) is 3.15. The van der Waals surface area contributed by atoms with Crippen LogP contribution in [0.3, 0.4) is 0 Å². The molecular weight excluding hydrogens is 430 g/mol. The lowest BCUT2D eigenvalue weighted by molar-refractivity contribution is -0.274. The van der Waals surface area contributed by atoms with E-state index < -0.39 is 18.0 Å². The summed E-state index contributed by atoms with van der Waals surface area (Å²) in [6.07, 6.45) is -4.79. The van der Waals surface area contributed by atoms with Gasteiger partial charge in [0.25, 0.3) is 5.91 Å². The number of alkyl halides is 3. The van der Waals surface area contributed by atoms with E-state index in [1.165, 1.54) is 16.8 Å². The molecule has 0 aliphatic carbocycles. The summed E-state index contributed by atoms with van der Waals surface area (Å²) in [5, 5.41) is 7.53. The van der Waals surface area contributed by atoms with Gasteiger partial charge in [-0.2, -0.15) is 5.10 Å². The molecule has 29 heavy (non-hydrogen) atoms. The number of hydrogen-bond acceptors (Lipinski definition) is 3. The van der Waals surface area contributed by atoms with Gasteiger partial charge < -0.3 is 10.1 Å². The van der Waals surface area contributed by atoms with Crippen LogP contribution in [-0.2, 0) is 6.54 Å². The summed E-state index contributed by atoms with van der Waals surface area (Å²) >= 11 is 12.5. The summed E-state index contributed by atoms with van der Waals surface area (Å²) < 4.78 is 41.9. The van der Waals surface area contributed by atoms with E-state index >= 15 is 0 Å². The molecule has 0 fully saturated rings. The van der Waals surface area contributed by atoms with Crippen LogP contribution in [0.25, 0.3) is 0 Å². The second-order valence-electron chi connectivity index (χ2n) is 6.03. The van der Waals surface area contributed by atoms with Crippen LogP contribution in [0.5, 0.6) is 5.75 Å². The van der Waals surface area contributed by atoms with Crippen molar-refractivity contribution in [3.8, 4) is 5.75 Å². The Morgan fingerprint density at radius 2 is 1.79 bits per heavy atom. The number of aromatic nitrogens is 2. The minimum atomic E-state index is -4.79. The topological polar surface area (TPSA) is 56.2 Å². The first-order chi connectivity index (χ1) is 13.6. The van der Waals surface area contributed by atoms with Crippen molar-refractivity contribution in [1.29, 1.82) is 0 Å². The zero-order valence-electron chi connectivity index (χ0n) is 14.9. The van der Waals surface area contributed by atoms with Crippen LogP contribution in [0.2, 0.25) is 10.2 Å². The van der Waals surface area contributed by atoms with E-state index in [2.05, 4.69) is 15.2 Å². The molecule has 1 amide bonds. The molecule has 3 aromatic rings. The van der Waals surface area contributed by atoms with Crippen molar-refractivity contribution >= 4 is 34.8 Å². The fraction of sp³-hybridized carbons (Fsp3) is 0.158. The van der Waals surface area contributed by atoms with Crippen molar-refractivity contribution < 1.29 is 22.7 Å². The second-order valence-corrected chi connectivity index (χ2v) is 6.79. The number of halogens is 5. The molecule has 1 N–H and O–H groups in total. The molecular formula is C19H14Cl2F3N3O2. The molecule has 0 radical (unpaired) electrons. The predicted molar refractivity (Wildman–Crippen MR) is 104 cm³/mol. The molecule has 0 unspecified atom stereocenters. The van der Waals surface area contributed by atoms with Gasteiger partial charge in [0.15, 0.2) is 0 Å². The highest BCUT2D eigenvalue weighted by atomic mass is 35.5. The molecule has 152 valence electrons. The molecule has 0 atom stereocenters. The Morgan fingerprint density at radius 3 is 2.41 bits per heavy atom. The number of rotatable bonds is 5. The molecule has 1 heterocycles. The van der Waals surface area contributed by atoms with Crippen molar-refractivity contribution in [2.75, 3.05) is 5.32 Å². The molecule has 10 heteroatoms. The molecule has 1 aromatic heterocycles. The number of ether oxygens (including phenoxy) is 1. The van der Waals surface area contributed by atoms with Crippen LogP contribution in [0.1, 0.15) is 21.6 Å². The smallest absolute Gasteiger partial charge is 0.406 e. The van der Waals surface area contributed by atoms with E-state index in [1.54, 1.807) is 19.1 Å². The number of nitrogens with zero attached hydrogens (tertiary/aromatic N) is 2. The van der Waals surface area contributed by atoms with Gasteiger partial charge in [-0.3, -0.25) is 4.79 Å². The third-order valence-electron chi connectivity index (χ3n) is 3.92. The lowest BCUT2D eigenvalue weighted by Gasteiger charge is -2.10. The van der Waals surface area contributed by atoms with Gasteiger partial charge in [0, 0.05) is 10.7 Å². The van der Waals surface area contributed by atoms with Crippen molar-refractivity contribution in [3.05, 3.63) is 75.5 Å². The van der Waals surface area contributed by atoms with Crippen LogP contribution in [0.4, 0.5) is 18.9 Å². The van der Waals surface area contributed by atoms with E-state index in [-0.39, 0.29) is 22.9 Å². The Labute approximate surface area is 174 Å². The number of carbonyl (C=O) groups is 1. The highest BCUT2D eigenvalue weighted by Crippen LogP contribution is 2.26. The number of nitrogens with one attached hydrogen (secondary N) is 1. The van der Waals surface area contributed by atoms with Gasteiger partial charge in [-0.25, -0.2) is 4.68 Å². The van der Waals surface area contributed by atoms with Crippen LogP contribution in [0.15, 0.2) is 48.5 Å². The monoisotopic (exact) mass is 443 g/mol. The van der Waals surface area contributed by atoms with Crippen LogP contribution < -0.4 is 10.1 Å². The third-order valence-corrected chi connectivity index (χ3v) is 4.67. The van der Waals surface area contributed by atoms with Gasteiger partial charge >= 0.3 is 6.36 Å². The SMILES string of the molecule is Cc1nn(Cc2ccccc2Cl)c(Cl)c1C(=O)Nc1ccc(OC(F)(F)F)cc1. The average molecular weight is 444 g/mol. The number of aryl methyl sites for hydroxylation is 1. The van der Waals surface area contributed by atoms with Crippen LogP contribution in [-0.4, -0.2) is 22.1 Å². The van der Waals surface area contributed by atoms with E-state index in [4.69, 9.17) is 23.2 Å². The van der Waals surface area contributed by atoms with Gasteiger partial charge in [0.1, 0.15) is 10.9 Å². The molecule has 0 spiro atoms. The van der Waals surface area contributed by atoms with Gasteiger partial charge in [-0.1, -0.05) is 41.4 Å². The number of hydrogen-bond donors (Lipinski definition) is 1. The summed E-state index contributed by atoms with van der Waals surface area (Å²) in [4.78, 5) is 12.6.